The molecule has 2 aromatic rings. The quantitative estimate of drug-likeness (QED) is 0.796. The lowest BCUT2D eigenvalue weighted by molar-refractivity contribution is -0.126. The standard InChI is InChI=1S/C19H25N3O3S2/c1-15-5-7-18(8-6-15)27(24,25)22-11-9-21(10-12-22)16(2)19(23)20-14-17-4-3-13-26-17/h3-8,13,16H,9-12,14H2,1-2H3,(H,20,23)/t16-/m1/s1. The molecule has 0 spiro atoms. The number of nitrogens with zero attached hydrogens (tertiary/aromatic N) is 2. The molecule has 27 heavy (non-hydrogen) atoms. The van der Waals surface area contributed by atoms with E-state index in [-0.39, 0.29) is 11.9 Å². The molecule has 0 bridgehead atoms. The fraction of sp³-hybridized carbons (Fsp3) is 0.421. The first-order chi connectivity index (χ1) is 12.9. The topological polar surface area (TPSA) is 69.7 Å². The summed E-state index contributed by atoms with van der Waals surface area (Å²) in [5.41, 5.74) is 1.03. The van der Waals surface area contributed by atoms with Crippen LogP contribution in [0.15, 0.2) is 46.7 Å². The predicted molar refractivity (Wildman–Crippen MR) is 107 cm³/mol. The predicted octanol–water partition coefficient (Wildman–Crippen LogP) is 2.07. The number of thiophene rings is 1. The molecule has 0 radical (unpaired) electrons. The van der Waals surface area contributed by atoms with Crippen LogP contribution >= 0.6 is 11.3 Å². The van der Waals surface area contributed by atoms with E-state index < -0.39 is 10.0 Å². The van der Waals surface area contributed by atoms with Crippen LogP contribution in [0.2, 0.25) is 0 Å². The Morgan fingerprint density at radius 1 is 1.15 bits per heavy atom. The number of hydrogen-bond acceptors (Lipinski definition) is 5. The van der Waals surface area contributed by atoms with Crippen LogP contribution in [-0.2, 0) is 21.4 Å². The zero-order valence-electron chi connectivity index (χ0n) is 15.6. The number of aryl methyl sites for hydroxylation is 1. The maximum atomic E-state index is 12.8. The molecule has 0 unspecified atom stereocenters. The van der Waals surface area contributed by atoms with Gasteiger partial charge in [-0.1, -0.05) is 23.8 Å². The van der Waals surface area contributed by atoms with E-state index in [0.29, 0.717) is 37.6 Å². The van der Waals surface area contributed by atoms with Crippen molar-refractivity contribution in [1.29, 1.82) is 0 Å². The van der Waals surface area contributed by atoms with Crippen molar-refractivity contribution in [2.24, 2.45) is 0 Å². The van der Waals surface area contributed by atoms with Gasteiger partial charge in [-0.05, 0) is 37.4 Å². The summed E-state index contributed by atoms with van der Waals surface area (Å²) < 4.78 is 27.0. The Morgan fingerprint density at radius 2 is 1.81 bits per heavy atom. The first-order valence-electron chi connectivity index (χ1n) is 8.99. The maximum Gasteiger partial charge on any atom is 0.243 e. The number of sulfonamides is 1. The van der Waals surface area contributed by atoms with Crippen LogP contribution in [0.4, 0.5) is 0 Å². The van der Waals surface area contributed by atoms with Crippen LogP contribution < -0.4 is 5.32 Å². The molecule has 1 atom stereocenters. The minimum absolute atomic E-state index is 0.0294. The summed E-state index contributed by atoms with van der Waals surface area (Å²) in [4.78, 5) is 15.9. The second kappa shape index (κ2) is 8.52. The van der Waals surface area contributed by atoms with Crippen molar-refractivity contribution in [3.05, 3.63) is 52.2 Å². The van der Waals surface area contributed by atoms with Crippen molar-refractivity contribution < 1.29 is 13.2 Å². The van der Waals surface area contributed by atoms with E-state index in [4.69, 9.17) is 0 Å². The fourth-order valence-electron chi connectivity index (χ4n) is 3.09. The van der Waals surface area contributed by atoms with Crippen LogP contribution in [0.25, 0.3) is 0 Å². The number of nitrogens with one attached hydrogen (secondary N) is 1. The number of carbonyl (C=O) groups is 1. The summed E-state index contributed by atoms with van der Waals surface area (Å²) in [6, 6.07) is 10.6. The summed E-state index contributed by atoms with van der Waals surface area (Å²) in [6.45, 7) is 6.19. The average molecular weight is 408 g/mol. The Kier molecular flexibility index (Phi) is 6.31. The average Bonchev–Trinajstić information content (AvgIpc) is 3.19. The number of carbonyl (C=O) groups excluding carboxylic acids is 1. The lowest BCUT2D eigenvalue weighted by Gasteiger charge is -2.36. The highest BCUT2D eigenvalue weighted by molar-refractivity contribution is 7.89. The molecule has 1 aromatic heterocycles. The Balaban J connectivity index is 1.54. The highest BCUT2D eigenvalue weighted by Gasteiger charge is 2.31. The Bertz CT molecular complexity index is 856. The van der Waals surface area contributed by atoms with Crippen LogP contribution in [0, 0.1) is 6.92 Å². The van der Waals surface area contributed by atoms with Crippen LogP contribution in [0.1, 0.15) is 17.4 Å². The zero-order chi connectivity index (χ0) is 19.4. The van der Waals surface area contributed by atoms with Gasteiger partial charge in [0.05, 0.1) is 17.5 Å². The van der Waals surface area contributed by atoms with Gasteiger partial charge in [0.25, 0.3) is 0 Å². The third-order valence-corrected chi connectivity index (χ3v) is 7.67. The molecule has 1 amide bonds. The molecule has 1 aliphatic heterocycles. The van der Waals surface area contributed by atoms with Crippen LogP contribution in [-0.4, -0.2) is 55.8 Å². The molecule has 3 rings (SSSR count). The van der Waals surface area contributed by atoms with Gasteiger partial charge in [0.1, 0.15) is 0 Å². The van der Waals surface area contributed by atoms with Crippen molar-refractivity contribution >= 4 is 27.3 Å². The number of amides is 1. The Labute approximate surface area is 164 Å². The normalized spacial score (nSPS) is 17.6. The molecule has 1 saturated heterocycles. The third kappa shape index (κ3) is 4.76. The molecular weight excluding hydrogens is 382 g/mol. The number of hydrogen-bond donors (Lipinski definition) is 1. The number of rotatable bonds is 6. The molecule has 146 valence electrons. The van der Waals surface area contributed by atoms with Gasteiger partial charge >= 0.3 is 0 Å². The van der Waals surface area contributed by atoms with E-state index in [2.05, 4.69) is 5.32 Å². The third-order valence-electron chi connectivity index (χ3n) is 4.88. The van der Waals surface area contributed by atoms with Gasteiger partial charge in [-0.3, -0.25) is 9.69 Å². The van der Waals surface area contributed by atoms with Gasteiger partial charge in [-0.15, -0.1) is 11.3 Å². The van der Waals surface area contributed by atoms with Crippen molar-refractivity contribution in [2.45, 2.75) is 31.3 Å². The number of piperazine rings is 1. The molecule has 6 nitrogen and oxygen atoms in total. The SMILES string of the molecule is Cc1ccc(S(=O)(=O)N2CCN([C@H](C)C(=O)NCc3cccs3)CC2)cc1. The van der Waals surface area contributed by atoms with E-state index >= 15 is 0 Å². The van der Waals surface area contributed by atoms with E-state index in [1.54, 1.807) is 23.5 Å². The molecule has 0 aliphatic carbocycles. The Hall–Kier alpha value is -1.74. The van der Waals surface area contributed by atoms with Gasteiger partial charge < -0.3 is 5.32 Å². The molecule has 1 aromatic carbocycles. The Morgan fingerprint density at radius 3 is 2.41 bits per heavy atom. The van der Waals surface area contributed by atoms with E-state index in [1.807, 2.05) is 48.4 Å². The zero-order valence-corrected chi connectivity index (χ0v) is 17.2. The lowest BCUT2D eigenvalue weighted by Crippen LogP contribution is -2.54. The second-order valence-corrected chi connectivity index (χ2v) is 9.70. The van der Waals surface area contributed by atoms with Crippen molar-refractivity contribution in [3.8, 4) is 0 Å². The highest BCUT2D eigenvalue weighted by Crippen LogP contribution is 2.19. The summed E-state index contributed by atoms with van der Waals surface area (Å²) in [5.74, 6) is -0.0294. The lowest BCUT2D eigenvalue weighted by atomic mass is 10.2. The molecule has 2 heterocycles. The highest BCUT2D eigenvalue weighted by atomic mass is 32.2. The molecular formula is C19H25N3O3S2. The van der Waals surface area contributed by atoms with E-state index in [1.165, 1.54) is 4.31 Å². The van der Waals surface area contributed by atoms with E-state index in [9.17, 15) is 13.2 Å². The summed E-state index contributed by atoms with van der Waals surface area (Å²) in [6.07, 6.45) is 0. The monoisotopic (exact) mass is 407 g/mol. The molecule has 1 N–H and O–H groups in total. The van der Waals surface area contributed by atoms with Crippen LogP contribution in [0.3, 0.4) is 0 Å². The summed E-state index contributed by atoms with van der Waals surface area (Å²) in [5, 5.41) is 4.94. The minimum Gasteiger partial charge on any atom is -0.350 e. The number of benzene rings is 1. The second-order valence-electron chi connectivity index (χ2n) is 6.73. The van der Waals surface area contributed by atoms with Gasteiger partial charge in [0, 0.05) is 31.1 Å². The largest absolute Gasteiger partial charge is 0.350 e. The van der Waals surface area contributed by atoms with Crippen molar-refractivity contribution in [2.75, 3.05) is 26.2 Å². The van der Waals surface area contributed by atoms with Gasteiger partial charge in [-0.2, -0.15) is 4.31 Å². The summed E-state index contributed by atoms with van der Waals surface area (Å²) >= 11 is 1.61. The smallest absolute Gasteiger partial charge is 0.243 e. The van der Waals surface area contributed by atoms with Crippen molar-refractivity contribution in [3.63, 3.8) is 0 Å². The fourth-order valence-corrected chi connectivity index (χ4v) is 5.16. The molecule has 8 heteroatoms. The molecule has 1 aliphatic rings. The minimum atomic E-state index is -3.48. The maximum absolute atomic E-state index is 12.8. The summed E-state index contributed by atoms with van der Waals surface area (Å²) in [7, 11) is -3.48. The van der Waals surface area contributed by atoms with Gasteiger partial charge in [0.2, 0.25) is 15.9 Å². The molecule has 0 saturated carbocycles. The first-order valence-corrected chi connectivity index (χ1v) is 11.3. The van der Waals surface area contributed by atoms with Crippen LogP contribution in [0.5, 0.6) is 0 Å². The van der Waals surface area contributed by atoms with Crippen molar-refractivity contribution in [1.82, 2.24) is 14.5 Å². The molecule has 1 fully saturated rings. The van der Waals surface area contributed by atoms with E-state index in [0.717, 1.165) is 10.4 Å². The van der Waals surface area contributed by atoms with Gasteiger partial charge in [0.15, 0.2) is 0 Å². The first kappa shape index (κ1) is 20.0. The van der Waals surface area contributed by atoms with Gasteiger partial charge in [-0.25, -0.2) is 8.42 Å².